The fourth-order valence-electron chi connectivity index (χ4n) is 1.74. The van der Waals surface area contributed by atoms with Crippen molar-refractivity contribution in [2.24, 2.45) is 15.4 Å². The molecular formula is C17H20N4O2. The van der Waals surface area contributed by atoms with Crippen LogP contribution < -0.4 is 0 Å². The summed E-state index contributed by atoms with van der Waals surface area (Å²) in [4.78, 5) is 17.0. The van der Waals surface area contributed by atoms with Gasteiger partial charge in [0.25, 0.3) is 5.78 Å². The van der Waals surface area contributed by atoms with Crippen LogP contribution in [0.2, 0.25) is 0 Å². The lowest BCUT2D eigenvalue weighted by atomic mass is 9.99. The molecule has 23 heavy (non-hydrogen) atoms. The molecular weight excluding hydrogens is 292 g/mol. The number of hydrogen-bond donors (Lipinski definition) is 0. The molecule has 0 saturated heterocycles. The van der Waals surface area contributed by atoms with Gasteiger partial charge in [0.05, 0.1) is 11.4 Å². The maximum absolute atomic E-state index is 11.7. The summed E-state index contributed by atoms with van der Waals surface area (Å²) in [5.74, 6) is -0.576. The second-order valence-corrected chi connectivity index (χ2v) is 5.23. The van der Waals surface area contributed by atoms with Crippen LogP contribution in [-0.4, -0.2) is 22.9 Å². The Morgan fingerprint density at radius 2 is 1.87 bits per heavy atom. The quantitative estimate of drug-likeness (QED) is 0.349. The summed E-state index contributed by atoms with van der Waals surface area (Å²) in [6.45, 7) is 9.13. The second-order valence-electron chi connectivity index (χ2n) is 5.23. The van der Waals surface area contributed by atoms with Gasteiger partial charge in [0.1, 0.15) is 12.7 Å². The molecule has 0 atom stereocenters. The van der Waals surface area contributed by atoms with Crippen molar-refractivity contribution in [3.05, 3.63) is 34.9 Å². The van der Waals surface area contributed by atoms with Crippen molar-refractivity contribution in [1.82, 2.24) is 0 Å². The zero-order chi connectivity index (χ0) is 17.4. The number of nitriles is 1. The van der Waals surface area contributed by atoms with E-state index in [0.29, 0.717) is 22.6 Å². The minimum absolute atomic E-state index is 0.102. The van der Waals surface area contributed by atoms with Crippen LogP contribution in [0.25, 0.3) is 0 Å². The average molecular weight is 312 g/mol. The molecule has 0 saturated carbocycles. The standard InChI is InChI=1S/C17H20N4O2/c1-11(2)19-20-13(4)14(5)21-23-10-15-8-6-7-12(3)17(15)16(22)9-18/h6-8H,10H2,1-5H3/b20-13-,21-14-. The molecule has 6 nitrogen and oxygen atoms in total. The van der Waals surface area contributed by atoms with E-state index in [9.17, 15) is 4.79 Å². The number of benzene rings is 1. The van der Waals surface area contributed by atoms with E-state index < -0.39 is 5.78 Å². The molecule has 1 aromatic carbocycles. The van der Waals surface area contributed by atoms with Crippen LogP contribution in [0, 0.1) is 18.3 Å². The van der Waals surface area contributed by atoms with Gasteiger partial charge in [-0.15, -0.1) is 0 Å². The van der Waals surface area contributed by atoms with Crippen LogP contribution in [0.5, 0.6) is 0 Å². The van der Waals surface area contributed by atoms with Crippen molar-refractivity contribution in [2.75, 3.05) is 0 Å². The van der Waals surface area contributed by atoms with Gasteiger partial charge in [0.15, 0.2) is 0 Å². The first-order valence-electron chi connectivity index (χ1n) is 7.12. The Hall–Kier alpha value is -2.81. The monoisotopic (exact) mass is 312 g/mol. The number of Topliss-reactive ketones (excluding diaryl/α,β-unsaturated/α-hetero) is 1. The zero-order valence-electron chi connectivity index (χ0n) is 14.0. The summed E-state index contributed by atoms with van der Waals surface area (Å²) in [5, 5.41) is 20.8. The predicted molar refractivity (Wildman–Crippen MR) is 90.9 cm³/mol. The fraction of sp³-hybridized carbons (Fsp3) is 0.353. The van der Waals surface area contributed by atoms with E-state index in [4.69, 9.17) is 10.1 Å². The third-order valence-electron chi connectivity index (χ3n) is 3.03. The van der Waals surface area contributed by atoms with Crippen LogP contribution in [0.4, 0.5) is 0 Å². The summed E-state index contributed by atoms with van der Waals surface area (Å²) in [5.41, 5.74) is 3.82. The number of carbonyl (C=O) groups is 1. The first-order valence-corrected chi connectivity index (χ1v) is 7.12. The molecule has 0 heterocycles. The minimum Gasteiger partial charge on any atom is -0.391 e. The number of rotatable bonds is 6. The number of oxime groups is 1. The van der Waals surface area contributed by atoms with Gasteiger partial charge in [-0.05, 0) is 40.2 Å². The molecule has 0 amide bonds. The van der Waals surface area contributed by atoms with Gasteiger partial charge in [0.2, 0.25) is 0 Å². The number of ketones is 1. The Labute approximate surface area is 136 Å². The van der Waals surface area contributed by atoms with Gasteiger partial charge >= 0.3 is 0 Å². The molecule has 0 radical (unpaired) electrons. The summed E-state index contributed by atoms with van der Waals surface area (Å²) in [7, 11) is 0. The third kappa shape index (κ3) is 5.47. The number of carbonyl (C=O) groups excluding carboxylic acids is 1. The maximum atomic E-state index is 11.7. The van der Waals surface area contributed by atoms with E-state index in [1.807, 2.05) is 19.9 Å². The van der Waals surface area contributed by atoms with E-state index in [0.717, 1.165) is 11.3 Å². The lowest BCUT2D eigenvalue weighted by molar-refractivity contribution is 0.104. The molecule has 0 aliphatic rings. The van der Waals surface area contributed by atoms with Crippen LogP contribution >= 0.6 is 0 Å². The highest BCUT2D eigenvalue weighted by Gasteiger charge is 2.13. The maximum Gasteiger partial charge on any atom is 0.262 e. The SMILES string of the molecule is CC(C)=N/N=C(C)\C(C)=N/OCc1cccc(C)c1C(=O)C#N. The van der Waals surface area contributed by atoms with Crippen molar-refractivity contribution < 1.29 is 9.63 Å². The molecule has 1 rings (SSSR count). The molecule has 6 heteroatoms. The summed E-state index contributed by atoms with van der Waals surface area (Å²) in [6.07, 6.45) is 0. The molecule has 0 spiro atoms. The Kier molecular flexibility index (Phi) is 6.81. The normalized spacial score (nSPS) is 11.7. The van der Waals surface area contributed by atoms with Gasteiger partial charge in [-0.25, -0.2) is 0 Å². The van der Waals surface area contributed by atoms with Crippen molar-refractivity contribution in [3.8, 4) is 6.07 Å². The van der Waals surface area contributed by atoms with Crippen LogP contribution in [0.3, 0.4) is 0 Å². The van der Waals surface area contributed by atoms with Gasteiger partial charge in [-0.2, -0.15) is 15.5 Å². The van der Waals surface area contributed by atoms with E-state index >= 15 is 0 Å². The Balaban J connectivity index is 2.88. The van der Waals surface area contributed by atoms with Crippen LogP contribution in [0.1, 0.15) is 49.2 Å². The number of hydrogen-bond acceptors (Lipinski definition) is 6. The van der Waals surface area contributed by atoms with Gasteiger partial charge < -0.3 is 4.84 Å². The second kappa shape index (κ2) is 8.59. The first-order chi connectivity index (χ1) is 10.9. The van der Waals surface area contributed by atoms with E-state index in [1.54, 1.807) is 39.0 Å². The molecule has 0 bridgehead atoms. The zero-order valence-corrected chi connectivity index (χ0v) is 14.0. The molecule has 0 N–H and O–H groups in total. The lowest BCUT2D eigenvalue weighted by Crippen LogP contribution is -2.08. The highest BCUT2D eigenvalue weighted by atomic mass is 16.6. The fourth-order valence-corrected chi connectivity index (χ4v) is 1.74. The van der Waals surface area contributed by atoms with Crippen molar-refractivity contribution in [2.45, 2.75) is 41.2 Å². The molecule has 0 unspecified atom stereocenters. The number of aryl methyl sites for hydroxylation is 1. The van der Waals surface area contributed by atoms with Crippen LogP contribution in [0.15, 0.2) is 33.6 Å². The van der Waals surface area contributed by atoms with Crippen molar-refractivity contribution in [1.29, 1.82) is 5.26 Å². The average Bonchev–Trinajstić information content (AvgIpc) is 2.51. The molecule has 0 aliphatic carbocycles. The summed E-state index contributed by atoms with van der Waals surface area (Å²) in [6, 6.07) is 6.98. The lowest BCUT2D eigenvalue weighted by Gasteiger charge is -2.08. The Bertz CT molecular complexity index is 721. The molecule has 120 valence electrons. The van der Waals surface area contributed by atoms with E-state index in [2.05, 4.69) is 15.4 Å². The molecule has 0 fully saturated rings. The number of nitrogens with zero attached hydrogens (tertiary/aromatic N) is 4. The Morgan fingerprint density at radius 1 is 1.17 bits per heavy atom. The molecule has 0 aromatic heterocycles. The molecule has 0 aliphatic heterocycles. The molecule has 1 aromatic rings. The van der Waals surface area contributed by atoms with Crippen molar-refractivity contribution in [3.63, 3.8) is 0 Å². The van der Waals surface area contributed by atoms with Crippen LogP contribution in [-0.2, 0) is 11.4 Å². The minimum atomic E-state index is -0.576. The highest BCUT2D eigenvalue weighted by molar-refractivity contribution is 6.40. The van der Waals surface area contributed by atoms with E-state index in [-0.39, 0.29) is 6.61 Å². The van der Waals surface area contributed by atoms with Gasteiger partial charge in [-0.1, -0.05) is 23.4 Å². The summed E-state index contributed by atoms with van der Waals surface area (Å²) >= 11 is 0. The van der Waals surface area contributed by atoms with Crippen molar-refractivity contribution >= 4 is 22.9 Å². The highest BCUT2D eigenvalue weighted by Crippen LogP contribution is 2.16. The first kappa shape index (κ1) is 18.2. The van der Waals surface area contributed by atoms with Gasteiger partial charge in [-0.3, -0.25) is 4.79 Å². The third-order valence-corrected chi connectivity index (χ3v) is 3.03. The largest absolute Gasteiger partial charge is 0.391 e. The summed E-state index contributed by atoms with van der Waals surface area (Å²) < 4.78 is 0. The van der Waals surface area contributed by atoms with E-state index in [1.165, 1.54) is 0 Å². The predicted octanol–water partition coefficient (Wildman–Crippen LogP) is 3.45. The smallest absolute Gasteiger partial charge is 0.262 e. The van der Waals surface area contributed by atoms with Gasteiger partial charge in [0, 0.05) is 16.8 Å². The topological polar surface area (TPSA) is 87.2 Å². The Morgan fingerprint density at radius 3 is 2.48 bits per heavy atom.